The lowest BCUT2D eigenvalue weighted by molar-refractivity contribution is 0.530. The van der Waals surface area contributed by atoms with Gasteiger partial charge in [-0.15, -0.1) is 0 Å². The number of hydrogen-bond acceptors (Lipinski definition) is 2. The van der Waals surface area contributed by atoms with E-state index in [4.69, 9.17) is 11.6 Å². The second-order valence-corrected chi connectivity index (χ2v) is 6.68. The second kappa shape index (κ2) is 8.05. The van der Waals surface area contributed by atoms with Gasteiger partial charge in [-0.2, -0.15) is 0 Å². The summed E-state index contributed by atoms with van der Waals surface area (Å²) < 4.78 is 0. The molecule has 3 heteroatoms. The Morgan fingerprint density at radius 1 is 1.33 bits per heavy atom. The zero-order chi connectivity index (χ0) is 15.2. The fraction of sp³-hybridized carbons (Fsp3) is 0.667. The Kier molecular flexibility index (Phi) is 6.38. The number of rotatable bonds is 7. The molecule has 1 aromatic rings. The van der Waals surface area contributed by atoms with Crippen molar-refractivity contribution in [3.63, 3.8) is 0 Å². The number of nitrogens with zero attached hydrogens (tertiary/aromatic N) is 1. The van der Waals surface area contributed by atoms with E-state index in [2.05, 4.69) is 49.2 Å². The number of hydrogen-bond donors (Lipinski definition) is 1. The minimum atomic E-state index is 0.364. The first-order valence-electron chi connectivity index (χ1n) is 8.43. The predicted octanol–water partition coefficient (Wildman–Crippen LogP) is 5.03. The molecule has 21 heavy (non-hydrogen) atoms. The van der Waals surface area contributed by atoms with Gasteiger partial charge >= 0.3 is 0 Å². The van der Waals surface area contributed by atoms with Crippen molar-refractivity contribution in [1.82, 2.24) is 5.32 Å². The summed E-state index contributed by atoms with van der Waals surface area (Å²) in [5.74, 6) is 0.843. The Morgan fingerprint density at radius 3 is 2.81 bits per heavy atom. The molecule has 1 aliphatic rings. The molecule has 1 heterocycles. The van der Waals surface area contributed by atoms with Gasteiger partial charge in [-0.05, 0) is 56.3 Å². The number of halogens is 1. The zero-order valence-electron chi connectivity index (χ0n) is 13.7. The molecule has 2 nitrogen and oxygen atoms in total. The molecule has 1 fully saturated rings. The van der Waals surface area contributed by atoms with Gasteiger partial charge in [0.2, 0.25) is 0 Å². The molecule has 0 bridgehead atoms. The van der Waals surface area contributed by atoms with Crippen LogP contribution in [0.5, 0.6) is 0 Å². The van der Waals surface area contributed by atoms with Crippen molar-refractivity contribution in [3.8, 4) is 0 Å². The van der Waals surface area contributed by atoms with Crippen molar-refractivity contribution in [2.24, 2.45) is 5.92 Å². The molecule has 0 saturated carbocycles. The lowest BCUT2D eigenvalue weighted by Gasteiger charge is -2.22. The molecule has 2 atom stereocenters. The van der Waals surface area contributed by atoms with Crippen molar-refractivity contribution in [2.45, 2.75) is 52.5 Å². The van der Waals surface area contributed by atoms with Crippen LogP contribution in [0.3, 0.4) is 0 Å². The standard InChI is InChI=1S/C18H29ClN2/c1-4-6-15-9-11-21(13-15)18-8-7-16(12-17(18)19)14(3)20-10-5-2/h7-8,12,14-15,20H,4-6,9-11,13H2,1-3H3. The molecule has 118 valence electrons. The maximum absolute atomic E-state index is 6.54. The molecule has 1 N–H and O–H groups in total. The van der Waals surface area contributed by atoms with Gasteiger partial charge < -0.3 is 10.2 Å². The maximum atomic E-state index is 6.54. The molecular weight excluding hydrogens is 280 g/mol. The average molecular weight is 309 g/mol. The van der Waals surface area contributed by atoms with E-state index in [-0.39, 0.29) is 0 Å². The summed E-state index contributed by atoms with van der Waals surface area (Å²) in [6, 6.07) is 6.93. The van der Waals surface area contributed by atoms with Crippen LogP contribution in [-0.2, 0) is 0 Å². The maximum Gasteiger partial charge on any atom is 0.0642 e. The van der Waals surface area contributed by atoms with E-state index in [0.717, 1.165) is 37.0 Å². The Balaban J connectivity index is 2.02. The summed E-state index contributed by atoms with van der Waals surface area (Å²) in [5, 5.41) is 4.41. The van der Waals surface area contributed by atoms with Gasteiger partial charge in [-0.3, -0.25) is 0 Å². The number of nitrogens with one attached hydrogen (secondary N) is 1. The predicted molar refractivity (Wildman–Crippen MR) is 93.4 cm³/mol. The van der Waals surface area contributed by atoms with Gasteiger partial charge in [0.25, 0.3) is 0 Å². The molecule has 0 aromatic heterocycles. The van der Waals surface area contributed by atoms with E-state index in [1.54, 1.807) is 0 Å². The number of benzene rings is 1. The van der Waals surface area contributed by atoms with Crippen LogP contribution in [0, 0.1) is 5.92 Å². The van der Waals surface area contributed by atoms with Crippen LogP contribution >= 0.6 is 11.6 Å². The molecule has 2 unspecified atom stereocenters. The largest absolute Gasteiger partial charge is 0.370 e. The Bertz CT molecular complexity index is 447. The van der Waals surface area contributed by atoms with Gasteiger partial charge in [0.15, 0.2) is 0 Å². The highest BCUT2D eigenvalue weighted by molar-refractivity contribution is 6.33. The van der Waals surface area contributed by atoms with Crippen LogP contribution in [0.4, 0.5) is 5.69 Å². The lowest BCUT2D eigenvalue weighted by atomic mass is 10.0. The minimum absolute atomic E-state index is 0.364. The molecule has 0 amide bonds. The van der Waals surface area contributed by atoms with E-state index in [0.29, 0.717) is 6.04 Å². The van der Waals surface area contributed by atoms with Crippen LogP contribution in [0.2, 0.25) is 5.02 Å². The molecule has 0 radical (unpaired) electrons. The fourth-order valence-corrected chi connectivity index (χ4v) is 3.53. The van der Waals surface area contributed by atoms with Gasteiger partial charge in [-0.1, -0.05) is 37.9 Å². The molecule has 1 aliphatic heterocycles. The summed E-state index contributed by atoms with van der Waals surface area (Å²) in [7, 11) is 0. The Hall–Kier alpha value is -0.730. The van der Waals surface area contributed by atoms with Crippen molar-refractivity contribution in [1.29, 1.82) is 0 Å². The quantitative estimate of drug-likeness (QED) is 0.760. The molecule has 1 saturated heterocycles. The summed E-state index contributed by atoms with van der Waals surface area (Å²) in [5.41, 5.74) is 2.49. The minimum Gasteiger partial charge on any atom is -0.370 e. The second-order valence-electron chi connectivity index (χ2n) is 6.28. The molecule has 1 aromatic carbocycles. The van der Waals surface area contributed by atoms with E-state index >= 15 is 0 Å². The van der Waals surface area contributed by atoms with Gasteiger partial charge in [0.05, 0.1) is 10.7 Å². The highest BCUT2D eigenvalue weighted by atomic mass is 35.5. The van der Waals surface area contributed by atoms with Crippen molar-refractivity contribution < 1.29 is 0 Å². The molecule has 0 aliphatic carbocycles. The summed E-state index contributed by atoms with van der Waals surface area (Å²) >= 11 is 6.54. The summed E-state index contributed by atoms with van der Waals surface area (Å²) in [6.07, 6.45) is 5.08. The van der Waals surface area contributed by atoms with Crippen LogP contribution in [0.15, 0.2) is 18.2 Å². The van der Waals surface area contributed by atoms with Gasteiger partial charge in [0.1, 0.15) is 0 Å². The zero-order valence-corrected chi connectivity index (χ0v) is 14.4. The van der Waals surface area contributed by atoms with Crippen molar-refractivity contribution in [3.05, 3.63) is 28.8 Å². The Morgan fingerprint density at radius 2 is 2.14 bits per heavy atom. The van der Waals surface area contributed by atoms with Gasteiger partial charge in [0, 0.05) is 19.1 Å². The topological polar surface area (TPSA) is 15.3 Å². The third-order valence-electron chi connectivity index (χ3n) is 4.50. The van der Waals surface area contributed by atoms with E-state index < -0.39 is 0 Å². The average Bonchev–Trinajstić information content (AvgIpc) is 2.93. The van der Waals surface area contributed by atoms with E-state index in [1.165, 1.54) is 30.5 Å². The van der Waals surface area contributed by atoms with Crippen molar-refractivity contribution in [2.75, 3.05) is 24.5 Å². The summed E-state index contributed by atoms with van der Waals surface area (Å²) in [4.78, 5) is 2.45. The van der Waals surface area contributed by atoms with Crippen LogP contribution in [-0.4, -0.2) is 19.6 Å². The third-order valence-corrected chi connectivity index (χ3v) is 4.80. The SMILES string of the molecule is CCCNC(C)c1ccc(N2CCC(CCC)C2)c(Cl)c1. The molecule has 2 rings (SSSR count). The Labute approximate surface area is 134 Å². The van der Waals surface area contributed by atoms with Crippen molar-refractivity contribution >= 4 is 17.3 Å². The first-order chi connectivity index (χ1) is 10.2. The van der Waals surface area contributed by atoms with E-state index in [1.807, 2.05) is 0 Å². The van der Waals surface area contributed by atoms with Crippen LogP contribution in [0.25, 0.3) is 0 Å². The lowest BCUT2D eigenvalue weighted by Crippen LogP contribution is -2.21. The van der Waals surface area contributed by atoms with Crippen LogP contribution in [0.1, 0.15) is 58.1 Å². The third kappa shape index (κ3) is 4.37. The monoisotopic (exact) mass is 308 g/mol. The molecular formula is C18H29ClN2. The highest BCUT2D eigenvalue weighted by Gasteiger charge is 2.23. The fourth-order valence-electron chi connectivity index (χ4n) is 3.22. The highest BCUT2D eigenvalue weighted by Crippen LogP contribution is 2.33. The normalized spacial score (nSPS) is 20.0. The summed E-state index contributed by atoms with van der Waals surface area (Å²) in [6.45, 7) is 10.0. The van der Waals surface area contributed by atoms with Gasteiger partial charge in [-0.25, -0.2) is 0 Å². The van der Waals surface area contributed by atoms with Crippen LogP contribution < -0.4 is 10.2 Å². The first kappa shape index (κ1) is 16.6. The smallest absolute Gasteiger partial charge is 0.0642 e. The molecule has 0 spiro atoms. The van der Waals surface area contributed by atoms with E-state index in [9.17, 15) is 0 Å². The first-order valence-corrected chi connectivity index (χ1v) is 8.81. The number of anilines is 1.